The van der Waals surface area contributed by atoms with Crippen LogP contribution in [0.5, 0.6) is 0 Å². The van der Waals surface area contributed by atoms with Gasteiger partial charge >= 0.3 is 0 Å². The molecule has 0 aliphatic carbocycles. The van der Waals surface area contributed by atoms with Gasteiger partial charge in [-0.1, -0.05) is 0 Å². The monoisotopic (exact) mass is 202 g/mol. The minimum absolute atomic E-state index is 0.0391. The molecule has 0 aliphatic rings. The van der Waals surface area contributed by atoms with E-state index in [1.807, 2.05) is 13.8 Å². The van der Waals surface area contributed by atoms with Crippen LogP contribution in [0.2, 0.25) is 0 Å². The summed E-state index contributed by atoms with van der Waals surface area (Å²) in [5.74, 6) is 0.0391. The third-order valence-corrected chi connectivity index (χ3v) is 1.72. The molecule has 0 saturated carbocycles. The standard InChI is InChI=1S/C10H22N2O2/c1-9(2)14-8-4-3-7-12-10(13)5-6-11/h9H,3-8,11H2,1-2H3,(H,12,13). The predicted octanol–water partition coefficient (Wildman–Crippen LogP) is 0.657. The molecule has 0 bridgehead atoms. The van der Waals surface area contributed by atoms with Crippen molar-refractivity contribution in [2.75, 3.05) is 19.7 Å². The minimum atomic E-state index is 0.0391. The molecular formula is C10H22N2O2. The van der Waals surface area contributed by atoms with Crippen molar-refractivity contribution in [3.05, 3.63) is 0 Å². The molecule has 0 saturated heterocycles. The van der Waals surface area contributed by atoms with Crippen molar-refractivity contribution < 1.29 is 9.53 Å². The van der Waals surface area contributed by atoms with Gasteiger partial charge in [0.25, 0.3) is 0 Å². The molecule has 0 radical (unpaired) electrons. The number of amides is 1. The summed E-state index contributed by atoms with van der Waals surface area (Å²) in [7, 11) is 0. The number of carbonyl (C=O) groups is 1. The van der Waals surface area contributed by atoms with E-state index in [0.717, 1.165) is 26.0 Å². The summed E-state index contributed by atoms with van der Waals surface area (Å²) >= 11 is 0. The Morgan fingerprint density at radius 2 is 2.14 bits per heavy atom. The normalized spacial score (nSPS) is 10.6. The number of carbonyl (C=O) groups excluding carboxylic acids is 1. The van der Waals surface area contributed by atoms with Crippen LogP contribution >= 0.6 is 0 Å². The van der Waals surface area contributed by atoms with Gasteiger partial charge in [0.15, 0.2) is 0 Å². The molecule has 84 valence electrons. The molecule has 0 spiro atoms. The highest BCUT2D eigenvalue weighted by atomic mass is 16.5. The number of nitrogens with two attached hydrogens (primary N) is 1. The first-order valence-electron chi connectivity index (χ1n) is 5.25. The Kier molecular flexibility index (Phi) is 8.57. The fourth-order valence-corrected chi connectivity index (χ4v) is 0.993. The zero-order chi connectivity index (χ0) is 10.8. The molecule has 0 aromatic rings. The van der Waals surface area contributed by atoms with Crippen LogP contribution in [-0.2, 0) is 9.53 Å². The van der Waals surface area contributed by atoms with E-state index >= 15 is 0 Å². The minimum Gasteiger partial charge on any atom is -0.379 e. The highest BCUT2D eigenvalue weighted by Crippen LogP contribution is 1.93. The molecule has 0 rings (SSSR count). The first kappa shape index (κ1) is 13.4. The topological polar surface area (TPSA) is 64.3 Å². The lowest BCUT2D eigenvalue weighted by molar-refractivity contribution is -0.120. The molecule has 0 fully saturated rings. The van der Waals surface area contributed by atoms with Crippen molar-refractivity contribution in [1.29, 1.82) is 0 Å². The van der Waals surface area contributed by atoms with Crippen molar-refractivity contribution in [3.63, 3.8) is 0 Å². The number of ether oxygens (including phenoxy) is 1. The average Bonchev–Trinajstić information content (AvgIpc) is 2.11. The molecule has 0 aromatic carbocycles. The molecule has 4 heteroatoms. The Hall–Kier alpha value is -0.610. The van der Waals surface area contributed by atoms with E-state index in [-0.39, 0.29) is 5.91 Å². The fourth-order valence-electron chi connectivity index (χ4n) is 0.993. The van der Waals surface area contributed by atoms with Crippen LogP contribution < -0.4 is 11.1 Å². The first-order valence-corrected chi connectivity index (χ1v) is 5.25. The van der Waals surface area contributed by atoms with Crippen molar-refractivity contribution in [3.8, 4) is 0 Å². The summed E-state index contributed by atoms with van der Waals surface area (Å²) in [6, 6.07) is 0. The summed E-state index contributed by atoms with van der Waals surface area (Å²) in [5.41, 5.74) is 5.23. The van der Waals surface area contributed by atoms with Crippen LogP contribution in [0.4, 0.5) is 0 Å². The molecular weight excluding hydrogens is 180 g/mol. The highest BCUT2D eigenvalue weighted by molar-refractivity contribution is 5.75. The van der Waals surface area contributed by atoms with Crippen LogP contribution in [0.3, 0.4) is 0 Å². The molecule has 3 N–H and O–H groups in total. The lowest BCUT2D eigenvalue weighted by atomic mass is 10.3. The maximum Gasteiger partial charge on any atom is 0.221 e. The smallest absolute Gasteiger partial charge is 0.221 e. The van der Waals surface area contributed by atoms with Gasteiger partial charge < -0.3 is 15.8 Å². The summed E-state index contributed by atoms with van der Waals surface area (Å²) < 4.78 is 5.36. The van der Waals surface area contributed by atoms with Crippen molar-refractivity contribution in [1.82, 2.24) is 5.32 Å². The second kappa shape index (κ2) is 8.97. The Labute approximate surface area is 86.2 Å². The average molecular weight is 202 g/mol. The number of rotatable bonds is 8. The lowest BCUT2D eigenvalue weighted by Gasteiger charge is -2.07. The van der Waals surface area contributed by atoms with Crippen molar-refractivity contribution >= 4 is 5.91 Å². The molecule has 0 aromatic heterocycles. The SMILES string of the molecule is CC(C)OCCCCNC(=O)CCN. The number of hydrogen-bond donors (Lipinski definition) is 2. The zero-order valence-electron chi connectivity index (χ0n) is 9.21. The maximum absolute atomic E-state index is 11.0. The molecule has 0 aliphatic heterocycles. The van der Waals surface area contributed by atoms with E-state index in [0.29, 0.717) is 19.1 Å². The Balaban J connectivity index is 3.09. The third-order valence-electron chi connectivity index (χ3n) is 1.72. The van der Waals surface area contributed by atoms with E-state index in [9.17, 15) is 4.79 Å². The second-order valence-electron chi connectivity index (χ2n) is 3.52. The molecule has 0 unspecified atom stereocenters. The van der Waals surface area contributed by atoms with Crippen LogP contribution in [-0.4, -0.2) is 31.7 Å². The quantitative estimate of drug-likeness (QED) is 0.568. The van der Waals surface area contributed by atoms with Gasteiger partial charge in [0.1, 0.15) is 0 Å². The molecule has 0 atom stereocenters. The van der Waals surface area contributed by atoms with Crippen LogP contribution in [0.15, 0.2) is 0 Å². The number of nitrogens with one attached hydrogen (secondary N) is 1. The van der Waals surface area contributed by atoms with E-state index in [1.54, 1.807) is 0 Å². The summed E-state index contributed by atoms with van der Waals surface area (Å²) in [6.45, 7) is 5.94. The van der Waals surface area contributed by atoms with Gasteiger partial charge in [-0.25, -0.2) is 0 Å². The third kappa shape index (κ3) is 9.48. The second-order valence-corrected chi connectivity index (χ2v) is 3.52. The Morgan fingerprint density at radius 3 is 2.71 bits per heavy atom. The van der Waals surface area contributed by atoms with Crippen LogP contribution in [0, 0.1) is 0 Å². The Bertz CT molecular complexity index is 149. The van der Waals surface area contributed by atoms with Gasteiger partial charge in [0, 0.05) is 26.1 Å². The van der Waals surface area contributed by atoms with E-state index < -0.39 is 0 Å². The van der Waals surface area contributed by atoms with Gasteiger partial charge in [-0.2, -0.15) is 0 Å². The van der Waals surface area contributed by atoms with Gasteiger partial charge in [0.05, 0.1) is 6.10 Å². The largest absolute Gasteiger partial charge is 0.379 e. The van der Waals surface area contributed by atoms with Gasteiger partial charge in [0.2, 0.25) is 5.91 Å². The van der Waals surface area contributed by atoms with Crippen molar-refractivity contribution in [2.45, 2.75) is 39.2 Å². The summed E-state index contributed by atoms with van der Waals surface area (Å²) in [6.07, 6.45) is 2.66. The first-order chi connectivity index (χ1) is 6.66. The number of unbranched alkanes of at least 4 members (excludes halogenated alkanes) is 1. The fraction of sp³-hybridized carbons (Fsp3) is 0.900. The molecule has 4 nitrogen and oxygen atoms in total. The van der Waals surface area contributed by atoms with E-state index in [2.05, 4.69) is 5.32 Å². The van der Waals surface area contributed by atoms with Crippen LogP contribution in [0.25, 0.3) is 0 Å². The van der Waals surface area contributed by atoms with E-state index in [1.165, 1.54) is 0 Å². The van der Waals surface area contributed by atoms with Gasteiger partial charge in [-0.15, -0.1) is 0 Å². The zero-order valence-corrected chi connectivity index (χ0v) is 9.21. The summed E-state index contributed by atoms with van der Waals surface area (Å²) in [4.78, 5) is 11.0. The molecule has 1 amide bonds. The van der Waals surface area contributed by atoms with E-state index in [4.69, 9.17) is 10.5 Å². The Morgan fingerprint density at radius 1 is 1.43 bits per heavy atom. The predicted molar refractivity (Wildman–Crippen MR) is 57.0 cm³/mol. The van der Waals surface area contributed by atoms with Crippen LogP contribution in [0.1, 0.15) is 33.1 Å². The molecule has 14 heavy (non-hydrogen) atoms. The molecule has 0 heterocycles. The van der Waals surface area contributed by atoms with Gasteiger partial charge in [-0.3, -0.25) is 4.79 Å². The maximum atomic E-state index is 11.0. The highest BCUT2D eigenvalue weighted by Gasteiger charge is 1.98. The number of hydrogen-bond acceptors (Lipinski definition) is 3. The lowest BCUT2D eigenvalue weighted by Crippen LogP contribution is -2.26. The van der Waals surface area contributed by atoms with Crippen molar-refractivity contribution in [2.24, 2.45) is 5.73 Å². The summed E-state index contributed by atoms with van der Waals surface area (Å²) in [5, 5.41) is 2.80. The van der Waals surface area contributed by atoms with Gasteiger partial charge in [-0.05, 0) is 26.7 Å².